The van der Waals surface area contributed by atoms with Gasteiger partial charge in [-0.1, -0.05) is 12.1 Å². The lowest BCUT2D eigenvalue weighted by Crippen LogP contribution is -2.44. The molecule has 0 bridgehead atoms. The van der Waals surface area contributed by atoms with Crippen LogP contribution in [0.3, 0.4) is 0 Å². The third-order valence-corrected chi connectivity index (χ3v) is 4.93. The molecule has 120 valence electrons. The van der Waals surface area contributed by atoms with Gasteiger partial charge >= 0.3 is 0 Å². The maximum atomic E-state index is 13.3. The van der Waals surface area contributed by atoms with Crippen molar-refractivity contribution in [2.45, 2.75) is 31.8 Å². The molecular formula is C17H23FN2O2. The molecule has 0 radical (unpaired) electrons. The van der Waals surface area contributed by atoms with Crippen molar-refractivity contribution in [3.8, 4) is 0 Å². The highest BCUT2D eigenvalue weighted by Gasteiger charge is 2.42. The van der Waals surface area contributed by atoms with Crippen LogP contribution in [0.15, 0.2) is 24.3 Å². The van der Waals surface area contributed by atoms with Crippen molar-refractivity contribution in [2.24, 2.45) is 11.1 Å². The molecule has 2 aliphatic rings. The Hall–Kier alpha value is -1.46. The van der Waals surface area contributed by atoms with Crippen LogP contribution in [0, 0.1) is 11.2 Å². The van der Waals surface area contributed by atoms with Gasteiger partial charge in [-0.15, -0.1) is 0 Å². The molecule has 0 aliphatic carbocycles. The van der Waals surface area contributed by atoms with Crippen molar-refractivity contribution in [2.75, 3.05) is 26.2 Å². The summed E-state index contributed by atoms with van der Waals surface area (Å²) in [7, 11) is 0. The predicted octanol–water partition coefficient (Wildman–Crippen LogP) is 1.72. The maximum Gasteiger partial charge on any atom is 0.231 e. The molecule has 2 fully saturated rings. The number of benzene rings is 1. The Morgan fingerprint density at radius 1 is 1.41 bits per heavy atom. The number of primary amides is 1. The Kier molecular flexibility index (Phi) is 4.45. The molecule has 2 heterocycles. The summed E-state index contributed by atoms with van der Waals surface area (Å²) in [6, 6.07) is 6.75. The number of ether oxygens (including phenoxy) is 1. The molecule has 1 atom stereocenters. The molecule has 4 nitrogen and oxygen atoms in total. The Morgan fingerprint density at radius 2 is 2.18 bits per heavy atom. The van der Waals surface area contributed by atoms with Crippen LogP contribution in [-0.4, -0.2) is 43.2 Å². The van der Waals surface area contributed by atoms with Gasteiger partial charge in [-0.3, -0.25) is 9.69 Å². The van der Waals surface area contributed by atoms with Crippen molar-refractivity contribution >= 4 is 5.91 Å². The van der Waals surface area contributed by atoms with E-state index < -0.39 is 0 Å². The first-order chi connectivity index (χ1) is 10.5. The second-order valence-electron chi connectivity index (χ2n) is 6.71. The summed E-state index contributed by atoms with van der Waals surface area (Å²) >= 11 is 0. The second-order valence-corrected chi connectivity index (χ2v) is 6.71. The summed E-state index contributed by atoms with van der Waals surface area (Å²) in [4.78, 5) is 13.1. The van der Waals surface area contributed by atoms with E-state index >= 15 is 0 Å². The minimum absolute atomic E-state index is 0.171. The van der Waals surface area contributed by atoms with E-state index in [1.165, 1.54) is 6.07 Å². The van der Waals surface area contributed by atoms with Crippen LogP contribution in [0.4, 0.5) is 4.39 Å². The van der Waals surface area contributed by atoms with Crippen LogP contribution in [-0.2, 0) is 16.0 Å². The normalized spacial score (nSPS) is 24.7. The van der Waals surface area contributed by atoms with Gasteiger partial charge in [0, 0.05) is 0 Å². The summed E-state index contributed by atoms with van der Waals surface area (Å²) in [5.74, 6) is -0.451. The molecule has 1 aromatic rings. The molecule has 2 aliphatic heterocycles. The molecule has 2 N–H and O–H groups in total. The first-order valence-electron chi connectivity index (χ1n) is 7.91. The Balaban J connectivity index is 1.53. The number of rotatable bonds is 4. The lowest BCUT2D eigenvalue weighted by atomic mass is 9.76. The van der Waals surface area contributed by atoms with Gasteiger partial charge in [0.05, 0.1) is 19.3 Å². The fourth-order valence-corrected chi connectivity index (χ4v) is 3.71. The number of hydrogen-bond donors (Lipinski definition) is 1. The lowest BCUT2D eigenvalue weighted by Gasteiger charge is -2.37. The first-order valence-corrected chi connectivity index (χ1v) is 7.91. The number of hydrogen-bond acceptors (Lipinski definition) is 3. The predicted molar refractivity (Wildman–Crippen MR) is 81.8 cm³/mol. The molecule has 0 saturated carbocycles. The van der Waals surface area contributed by atoms with Gasteiger partial charge in [-0.05, 0) is 61.9 Å². The van der Waals surface area contributed by atoms with Gasteiger partial charge in [0.25, 0.3) is 0 Å². The monoisotopic (exact) mass is 306 g/mol. The molecule has 1 spiro atoms. The number of amides is 1. The van der Waals surface area contributed by atoms with E-state index in [1.807, 2.05) is 6.07 Å². The van der Waals surface area contributed by atoms with Crippen LogP contribution in [0.2, 0.25) is 0 Å². The highest BCUT2D eigenvalue weighted by atomic mass is 19.1. The minimum Gasteiger partial charge on any atom is -0.377 e. The number of likely N-dealkylation sites (tertiary alicyclic amines) is 1. The molecule has 1 amide bonds. The topological polar surface area (TPSA) is 55.6 Å². The minimum atomic E-state index is -0.261. The van der Waals surface area contributed by atoms with Crippen LogP contribution >= 0.6 is 0 Å². The quantitative estimate of drug-likeness (QED) is 0.921. The Morgan fingerprint density at radius 3 is 2.86 bits per heavy atom. The zero-order chi connectivity index (χ0) is 15.6. The van der Waals surface area contributed by atoms with Gasteiger partial charge in [0.1, 0.15) is 5.82 Å². The summed E-state index contributed by atoms with van der Waals surface area (Å²) < 4.78 is 19.2. The SMILES string of the molecule is NC(=O)CN1CCC2(CC1)COC(Cc1cccc(F)c1)C2. The number of piperidine rings is 1. The summed E-state index contributed by atoms with van der Waals surface area (Å²) in [6.07, 6.45) is 4.04. The van der Waals surface area contributed by atoms with Gasteiger partial charge in [-0.25, -0.2) is 4.39 Å². The molecule has 0 aromatic heterocycles. The van der Waals surface area contributed by atoms with E-state index in [0.29, 0.717) is 6.54 Å². The van der Waals surface area contributed by atoms with Crippen molar-refractivity contribution < 1.29 is 13.9 Å². The zero-order valence-corrected chi connectivity index (χ0v) is 12.8. The van der Waals surface area contributed by atoms with Gasteiger partial charge in [0.2, 0.25) is 5.91 Å². The number of carbonyl (C=O) groups excluding carboxylic acids is 1. The molecule has 3 rings (SSSR count). The number of carbonyl (C=O) groups is 1. The number of nitrogens with two attached hydrogens (primary N) is 1. The van der Waals surface area contributed by atoms with Crippen LogP contribution < -0.4 is 5.73 Å². The highest BCUT2D eigenvalue weighted by molar-refractivity contribution is 5.75. The van der Waals surface area contributed by atoms with E-state index in [4.69, 9.17) is 10.5 Å². The lowest BCUT2D eigenvalue weighted by molar-refractivity contribution is -0.119. The number of nitrogens with zero attached hydrogens (tertiary/aromatic N) is 1. The fourth-order valence-electron chi connectivity index (χ4n) is 3.71. The largest absolute Gasteiger partial charge is 0.377 e. The molecule has 1 aromatic carbocycles. The average Bonchev–Trinajstić information content (AvgIpc) is 2.84. The van der Waals surface area contributed by atoms with E-state index in [1.54, 1.807) is 12.1 Å². The third-order valence-electron chi connectivity index (χ3n) is 4.93. The smallest absolute Gasteiger partial charge is 0.231 e. The molecule has 5 heteroatoms. The Labute approximate surface area is 130 Å². The maximum absolute atomic E-state index is 13.3. The standard InChI is InChI=1S/C17H23FN2O2/c18-14-3-1-2-13(8-14)9-15-10-17(12-22-15)4-6-20(7-5-17)11-16(19)21/h1-3,8,15H,4-7,9-12H2,(H2,19,21). The highest BCUT2D eigenvalue weighted by Crippen LogP contribution is 2.42. The molecule has 22 heavy (non-hydrogen) atoms. The average molecular weight is 306 g/mol. The third kappa shape index (κ3) is 3.65. The van der Waals surface area contributed by atoms with E-state index in [2.05, 4.69) is 4.90 Å². The molecule has 1 unspecified atom stereocenters. The fraction of sp³-hybridized carbons (Fsp3) is 0.588. The van der Waals surface area contributed by atoms with Gasteiger partial charge in [-0.2, -0.15) is 0 Å². The molecular weight excluding hydrogens is 283 g/mol. The Bertz CT molecular complexity index is 541. The van der Waals surface area contributed by atoms with Crippen LogP contribution in [0.1, 0.15) is 24.8 Å². The first kappa shape index (κ1) is 15.4. The summed E-state index contributed by atoms with van der Waals surface area (Å²) in [5, 5.41) is 0. The summed E-state index contributed by atoms with van der Waals surface area (Å²) in [6.45, 7) is 2.93. The van der Waals surface area contributed by atoms with Crippen molar-refractivity contribution in [3.63, 3.8) is 0 Å². The van der Waals surface area contributed by atoms with Crippen molar-refractivity contribution in [3.05, 3.63) is 35.6 Å². The van der Waals surface area contributed by atoms with Gasteiger partial charge < -0.3 is 10.5 Å². The summed E-state index contributed by atoms with van der Waals surface area (Å²) in [5.41, 5.74) is 6.47. The van der Waals surface area contributed by atoms with Crippen molar-refractivity contribution in [1.29, 1.82) is 0 Å². The van der Waals surface area contributed by atoms with E-state index in [0.717, 1.165) is 50.9 Å². The van der Waals surface area contributed by atoms with E-state index in [9.17, 15) is 9.18 Å². The van der Waals surface area contributed by atoms with E-state index in [-0.39, 0.29) is 23.2 Å². The van der Waals surface area contributed by atoms with Gasteiger partial charge in [0.15, 0.2) is 0 Å². The zero-order valence-electron chi connectivity index (χ0n) is 12.8. The van der Waals surface area contributed by atoms with Crippen molar-refractivity contribution in [1.82, 2.24) is 4.90 Å². The number of halogens is 1. The van der Waals surface area contributed by atoms with Crippen LogP contribution in [0.5, 0.6) is 0 Å². The second kappa shape index (κ2) is 6.34. The molecule has 2 saturated heterocycles. The van der Waals surface area contributed by atoms with Crippen LogP contribution in [0.25, 0.3) is 0 Å².